The molecule has 1 aromatic carbocycles. The van der Waals surface area contributed by atoms with E-state index in [0.717, 1.165) is 0 Å². The van der Waals surface area contributed by atoms with Gasteiger partial charge < -0.3 is 0 Å². The number of alkyl halides is 6. The summed E-state index contributed by atoms with van der Waals surface area (Å²) in [5.74, 6) is 0. The van der Waals surface area contributed by atoms with Gasteiger partial charge in [0.1, 0.15) is 0 Å². The molecule has 12 heteroatoms. The van der Waals surface area contributed by atoms with Gasteiger partial charge in [-0.25, -0.2) is 0 Å². The molecule has 1 aromatic heterocycles. The van der Waals surface area contributed by atoms with Crippen molar-refractivity contribution in [2.75, 3.05) is 0 Å². The summed E-state index contributed by atoms with van der Waals surface area (Å²) in [4.78, 5) is 3.01. The SMILES string of the molecule is FC(F)(F)c1cncc(C(F)(F)F)c1-c1c(Cl)c(Cl)c(Cl)c(Cl)c1Cl. The Morgan fingerprint density at radius 3 is 1.20 bits per heavy atom. The predicted octanol–water partition coefficient (Wildman–Crippen LogP) is 8.05. The zero-order valence-electron chi connectivity index (χ0n) is 11.3. The van der Waals surface area contributed by atoms with Crippen molar-refractivity contribution in [3.05, 3.63) is 48.6 Å². The molecule has 0 radical (unpaired) electrons. The first-order valence-electron chi connectivity index (χ1n) is 5.92. The number of hydrogen-bond acceptors (Lipinski definition) is 1. The van der Waals surface area contributed by atoms with Crippen molar-refractivity contribution in [2.24, 2.45) is 0 Å². The largest absolute Gasteiger partial charge is 0.418 e. The molecular weight excluding hydrogens is 461 g/mol. The van der Waals surface area contributed by atoms with E-state index in [4.69, 9.17) is 58.0 Å². The van der Waals surface area contributed by atoms with Gasteiger partial charge in [-0.15, -0.1) is 0 Å². The molecular formula is C13H2Cl5F6N. The Morgan fingerprint density at radius 1 is 0.560 bits per heavy atom. The summed E-state index contributed by atoms with van der Waals surface area (Å²) < 4.78 is 79.6. The number of rotatable bonds is 1. The van der Waals surface area contributed by atoms with Gasteiger partial charge in [0, 0.05) is 23.5 Å². The average Bonchev–Trinajstić information content (AvgIpc) is 2.49. The number of pyridine rings is 1. The number of hydrogen-bond donors (Lipinski definition) is 0. The lowest BCUT2D eigenvalue weighted by molar-refractivity contribution is -0.142. The van der Waals surface area contributed by atoms with Crippen LogP contribution in [-0.4, -0.2) is 4.98 Å². The predicted molar refractivity (Wildman–Crippen MR) is 84.7 cm³/mol. The number of halogens is 11. The minimum atomic E-state index is -5.19. The zero-order valence-corrected chi connectivity index (χ0v) is 15.0. The molecule has 0 spiro atoms. The molecule has 0 saturated heterocycles. The van der Waals surface area contributed by atoms with Crippen LogP contribution in [-0.2, 0) is 12.4 Å². The summed E-state index contributed by atoms with van der Waals surface area (Å²) in [6.45, 7) is 0. The van der Waals surface area contributed by atoms with E-state index in [1.165, 1.54) is 0 Å². The fourth-order valence-corrected chi connectivity index (χ4v) is 3.31. The summed E-state index contributed by atoms with van der Waals surface area (Å²) in [7, 11) is 0. The van der Waals surface area contributed by atoms with Crippen molar-refractivity contribution < 1.29 is 26.3 Å². The van der Waals surface area contributed by atoms with Gasteiger partial charge in [0.05, 0.1) is 36.2 Å². The van der Waals surface area contributed by atoms with Gasteiger partial charge >= 0.3 is 12.4 Å². The van der Waals surface area contributed by atoms with Crippen LogP contribution in [0, 0.1) is 0 Å². The van der Waals surface area contributed by atoms with E-state index >= 15 is 0 Å². The summed E-state index contributed by atoms with van der Waals surface area (Å²) in [5.41, 5.74) is -5.60. The van der Waals surface area contributed by atoms with Crippen LogP contribution in [0.1, 0.15) is 11.1 Å². The average molecular weight is 463 g/mol. The molecule has 2 rings (SSSR count). The number of benzene rings is 1. The van der Waals surface area contributed by atoms with E-state index in [1.54, 1.807) is 0 Å². The van der Waals surface area contributed by atoms with Gasteiger partial charge in [-0.2, -0.15) is 26.3 Å². The molecule has 0 saturated carbocycles. The van der Waals surface area contributed by atoms with E-state index in [2.05, 4.69) is 4.98 Å². The molecule has 1 nitrogen and oxygen atoms in total. The molecule has 0 unspecified atom stereocenters. The van der Waals surface area contributed by atoms with Crippen LogP contribution in [0.2, 0.25) is 25.1 Å². The van der Waals surface area contributed by atoms with E-state index in [0.29, 0.717) is 0 Å². The second-order valence-electron chi connectivity index (χ2n) is 4.55. The van der Waals surface area contributed by atoms with Crippen molar-refractivity contribution >= 4 is 58.0 Å². The maximum Gasteiger partial charge on any atom is 0.418 e. The summed E-state index contributed by atoms with van der Waals surface area (Å²) in [5, 5.41) is -2.89. The van der Waals surface area contributed by atoms with E-state index in [9.17, 15) is 26.3 Å². The molecule has 0 aliphatic heterocycles. The van der Waals surface area contributed by atoms with Gasteiger partial charge in [-0.1, -0.05) is 58.0 Å². The molecule has 1 heterocycles. The van der Waals surface area contributed by atoms with Crippen LogP contribution in [0.4, 0.5) is 26.3 Å². The third kappa shape index (κ3) is 3.76. The first-order chi connectivity index (χ1) is 11.3. The van der Waals surface area contributed by atoms with E-state index in [1.807, 2.05) is 0 Å². The first kappa shape index (κ1) is 20.7. The normalized spacial score (nSPS) is 12.6. The Morgan fingerprint density at radius 2 is 0.880 bits per heavy atom. The molecule has 0 N–H and O–H groups in total. The van der Waals surface area contributed by atoms with Gasteiger partial charge in [-0.05, 0) is 0 Å². The zero-order chi connectivity index (χ0) is 19.3. The molecule has 0 fully saturated rings. The molecule has 136 valence electrons. The van der Waals surface area contributed by atoms with Gasteiger partial charge in [0.15, 0.2) is 0 Å². The number of nitrogens with zero attached hydrogens (tertiary/aromatic N) is 1. The van der Waals surface area contributed by atoms with Crippen molar-refractivity contribution in [1.82, 2.24) is 4.98 Å². The minimum absolute atomic E-state index is 0.216. The third-order valence-electron chi connectivity index (χ3n) is 3.02. The highest BCUT2D eigenvalue weighted by atomic mass is 35.5. The molecule has 0 aliphatic carbocycles. The lowest BCUT2D eigenvalue weighted by Crippen LogP contribution is -2.15. The topological polar surface area (TPSA) is 12.9 Å². The Kier molecular flexibility index (Phi) is 5.67. The summed E-state index contributed by atoms with van der Waals surface area (Å²) in [6, 6.07) is 0. The van der Waals surface area contributed by atoms with Gasteiger partial charge in [-0.3, -0.25) is 4.98 Å². The van der Waals surface area contributed by atoms with Gasteiger partial charge in [0.2, 0.25) is 0 Å². The van der Waals surface area contributed by atoms with Crippen molar-refractivity contribution in [3.8, 4) is 11.1 Å². The fourth-order valence-electron chi connectivity index (χ4n) is 1.98. The second-order valence-corrected chi connectivity index (χ2v) is 6.44. The lowest BCUT2D eigenvalue weighted by atomic mass is 9.95. The fraction of sp³-hybridized carbons (Fsp3) is 0.154. The van der Waals surface area contributed by atoms with Crippen LogP contribution in [0.3, 0.4) is 0 Å². The minimum Gasteiger partial charge on any atom is -0.263 e. The van der Waals surface area contributed by atoms with E-state index < -0.39 is 59.7 Å². The molecule has 0 aliphatic rings. The quantitative estimate of drug-likeness (QED) is 0.237. The van der Waals surface area contributed by atoms with E-state index in [-0.39, 0.29) is 12.4 Å². The molecule has 0 bridgehead atoms. The van der Waals surface area contributed by atoms with Crippen molar-refractivity contribution in [1.29, 1.82) is 0 Å². The smallest absolute Gasteiger partial charge is 0.263 e. The second kappa shape index (κ2) is 6.85. The van der Waals surface area contributed by atoms with Crippen LogP contribution in [0.15, 0.2) is 12.4 Å². The Hall–Kier alpha value is -0.600. The maximum atomic E-state index is 13.3. The molecule has 25 heavy (non-hydrogen) atoms. The highest BCUT2D eigenvalue weighted by Gasteiger charge is 2.43. The maximum absolute atomic E-state index is 13.3. The lowest BCUT2D eigenvalue weighted by Gasteiger charge is -2.21. The highest BCUT2D eigenvalue weighted by molar-refractivity contribution is 6.56. The monoisotopic (exact) mass is 461 g/mol. The Bertz CT molecular complexity index is 785. The number of aromatic nitrogens is 1. The third-order valence-corrected chi connectivity index (χ3v) is 5.29. The Labute approximate surface area is 161 Å². The Balaban J connectivity index is 3.08. The highest BCUT2D eigenvalue weighted by Crippen LogP contribution is 2.53. The molecule has 0 amide bonds. The standard InChI is InChI=1S/C13H2Cl5F6N/c14-7-6(8(15)10(17)11(18)9(7)16)5-3(12(19,20)21)1-25-2-4(5)13(22,23)24/h1-2H. The van der Waals surface area contributed by atoms with Crippen molar-refractivity contribution in [3.63, 3.8) is 0 Å². The van der Waals surface area contributed by atoms with Crippen LogP contribution < -0.4 is 0 Å². The van der Waals surface area contributed by atoms with Crippen LogP contribution in [0.5, 0.6) is 0 Å². The van der Waals surface area contributed by atoms with Gasteiger partial charge in [0.25, 0.3) is 0 Å². The van der Waals surface area contributed by atoms with Crippen molar-refractivity contribution in [2.45, 2.75) is 12.4 Å². The van der Waals surface area contributed by atoms with Crippen LogP contribution >= 0.6 is 58.0 Å². The summed E-state index contributed by atoms with van der Waals surface area (Å²) in [6.07, 6.45) is -9.94. The first-order valence-corrected chi connectivity index (χ1v) is 7.81. The molecule has 2 aromatic rings. The summed E-state index contributed by atoms with van der Waals surface area (Å²) >= 11 is 28.9. The molecule has 0 atom stereocenters. The van der Waals surface area contributed by atoms with Crippen LogP contribution in [0.25, 0.3) is 11.1 Å².